The van der Waals surface area contributed by atoms with Crippen molar-refractivity contribution in [3.63, 3.8) is 0 Å². The molecule has 0 radical (unpaired) electrons. The van der Waals surface area contributed by atoms with Crippen LogP contribution in [-0.4, -0.2) is 55.5 Å². The minimum atomic E-state index is -3.29. The summed E-state index contributed by atoms with van der Waals surface area (Å²) in [5, 5.41) is 5.09. The molecule has 0 aliphatic heterocycles. The molecule has 2 aromatic carbocycles. The number of nitrogens with zero attached hydrogens (tertiary/aromatic N) is 3. The Kier molecular flexibility index (Phi) is 7.81. The van der Waals surface area contributed by atoms with Gasteiger partial charge >= 0.3 is 0 Å². The molecule has 0 unspecified atom stereocenters. The summed E-state index contributed by atoms with van der Waals surface area (Å²) in [4.78, 5) is 15.0. The largest absolute Gasteiger partial charge is 0.493 e. The SMILES string of the molecule is CC(C)c1c(C(=O)N(C)CCCOc2cccc(S(C)(=O)=O)c2)cnn1-c1ccc(Cl)cc1. The third-order valence-corrected chi connectivity index (χ3v) is 6.50. The maximum atomic E-state index is 13.1. The van der Waals surface area contributed by atoms with E-state index in [-0.39, 0.29) is 16.7 Å². The first-order valence-corrected chi connectivity index (χ1v) is 12.9. The second-order valence-electron chi connectivity index (χ2n) is 8.16. The highest BCUT2D eigenvalue weighted by molar-refractivity contribution is 7.90. The Hall–Kier alpha value is -2.84. The zero-order valence-electron chi connectivity index (χ0n) is 19.2. The lowest BCUT2D eigenvalue weighted by Crippen LogP contribution is -2.29. The van der Waals surface area contributed by atoms with Crippen LogP contribution in [0.3, 0.4) is 0 Å². The van der Waals surface area contributed by atoms with Gasteiger partial charge in [0, 0.05) is 24.9 Å². The van der Waals surface area contributed by atoms with Crippen LogP contribution < -0.4 is 4.74 Å². The number of ether oxygens (including phenoxy) is 1. The molecule has 0 bridgehead atoms. The highest BCUT2D eigenvalue weighted by Crippen LogP contribution is 2.25. The average Bonchev–Trinajstić information content (AvgIpc) is 3.21. The van der Waals surface area contributed by atoms with Crippen molar-refractivity contribution in [3.8, 4) is 11.4 Å². The number of hydrogen-bond acceptors (Lipinski definition) is 5. The first kappa shape index (κ1) is 24.8. The molecule has 33 heavy (non-hydrogen) atoms. The van der Waals surface area contributed by atoms with E-state index < -0.39 is 9.84 Å². The van der Waals surface area contributed by atoms with Gasteiger partial charge in [-0.1, -0.05) is 31.5 Å². The summed E-state index contributed by atoms with van der Waals surface area (Å²) in [6.07, 6.45) is 3.36. The topological polar surface area (TPSA) is 81.5 Å². The lowest BCUT2D eigenvalue weighted by Gasteiger charge is -2.19. The van der Waals surface area contributed by atoms with Crippen LogP contribution in [0.5, 0.6) is 5.75 Å². The number of rotatable bonds is 9. The summed E-state index contributed by atoms with van der Waals surface area (Å²) in [5.74, 6) is 0.456. The van der Waals surface area contributed by atoms with Gasteiger partial charge in [0.2, 0.25) is 0 Å². The molecule has 0 fully saturated rings. The molecule has 3 aromatic rings. The van der Waals surface area contributed by atoms with Gasteiger partial charge in [-0.15, -0.1) is 0 Å². The van der Waals surface area contributed by atoms with Crippen LogP contribution in [-0.2, 0) is 9.84 Å². The van der Waals surface area contributed by atoms with Gasteiger partial charge in [0.1, 0.15) is 5.75 Å². The number of benzene rings is 2. The summed E-state index contributed by atoms with van der Waals surface area (Å²) in [6.45, 7) is 4.89. The second kappa shape index (κ2) is 10.4. The van der Waals surface area contributed by atoms with Crippen LogP contribution in [0, 0.1) is 0 Å². The van der Waals surface area contributed by atoms with E-state index in [2.05, 4.69) is 5.10 Å². The molecule has 0 saturated heterocycles. The maximum Gasteiger partial charge on any atom is 0.257 e. The van der Waals surface area contributed by atoms with Crippen molar-refractivity contribution < 1.29 is 17.9 Å². The van der Waals surface area contributed by atoms with Crippen LogP contribution in [0.1, 0.15) is 42.2 Å². The maximum absolute atomic E-state index is 13.1. The number of carbonyl (C=O) groups excluding carboxylic acids is 1. The molecule has 7 nitrogen and oxygen atoms in total. The Morgan fingerprint density at radius 3 is 2.52 bits per heavy atom. The number of amides is 1. The van der Waals surface area contributed by atoms with Crippen LogP contribution >= 0.6 is 11.6 Å². The van der Waals surface area contributed by atoms with Gasteiger partial charge in [0.05, 0.1) is 34.6 Å². The zero-order valence-corrected chi connectivity index (χ0v) is 20.7. The fourth-order valence-corrected chi connectivity index (χ4v) is 4.24. The minimum Gasteiger partial charge on any atom is -0.493 e. The Morgan fingerprint density at radius 2 is 1.88 bits per heavy atom. The molecule has 0 N–H and O–H groups in total. The van der Waals surface area contributed by atoms with Crippen molar-refractivity contribution >= 4 is 27.3 Å². The van der Waals surface area contributed by atoms with Crippen molar-refractivity contribution in [3.05, 3.63) is 71.0 Å². The summed E-state index contributed by atoms with van der Waals surface area (Å²) < 4.78 is 30.8. The predicted octanol–water partition coefficient (Wildman–Crippen LogP) is 4.59. The molecule has 1 aromatic heterocycles. The molecule has 1 amide bonds. The molecule has 1 heterocycles. The van der Waals surface area contributed by atoms with Crippen molar-refractivity contribution in [2.45, 2.75) is 31.1 Å². The summed E-state index contributed by atoms with van der Waals surface area (Å²) in [7, 11) is -1.54. The molecule has 3 rings (SSSR count). The van der Waals surface area contributed by atoms with Crippen molar-refractivity contribution in [2.24, 2.45) is 0 Å². The fourth-order valence-electron chi connectivity index (χ4n) is 3.46. The van der Waals surface area contributed by atoms with Gasteiger partial charge in [-0.05, 0) is 54.8 Å². The fraction of sp³-hybridized carbons (Fsp3) is 0.333. The molecule has 0 atom stereocenters. The van der Waals surface area contributed by atoms with Crippen molar-refractivity contribution in [1.29, 1.82) is 0 Å². The number of aromatic nitrogens is 2. The first-order chi connectivity index (χ1) is 15.6. The van der Waals surface area contributed by atoms with E-state index in [0.29, 0.717) is 35.9 Å². The van der Waals surface area contributed by atoms with Crippen molar-refractivity contribution in [1.82, 2.24) is 14.7 Å². The molecule has 0 aliphatic rings. The van der Waals surface area contributed by atoms with Crippen LogP contribution in [0.2, 0.25) is 5.02 Å². The van der Waals surface area contributed by atoms with Gasteiger partial charge in [-0.3, -0.25) is 4.79 Å². The predicted molar refractivity (Wildman–Crippen MR) is 129 cm³/mol. The normalized spacial score (nSPS) is 11.6. The van der Waals surface area contributed by atoms with E-state index in [0.717, 1.165) is 17.6 Å². The van der Waals surface area contributed by atoms with E-state index in [9.17, 15) is 13.2 Å². The molecule has 0 aliphatic carbocycles. The smallest absolute Gasteiger partial charge is 0.257 e. The van der Waals surface area contributed by atoms with E-state index >= 15 is 0 Å². The second-order valence-corrected chi connectivity index (χ2v) is 10.6. The van der Waals surface area contributed by atoms with E-state index in [1.165, 1.54) is 12.1 Å². The summed E-state index contributed by atoms with van der Waals surface area (Å²) >= 11 is 6.00. The Morgan fingerprint density at radius 1 is 1.18 bits per heavy atom. The monoisotopic (exact) mass is 489 g/mol. The van der Waals surface area contributed by atoms with Gasteiger partial charge in [-0.2, -0.15) is 5.10 Å². The minimum absolute atomic E-state index is 0.0842. The molecule has 0 saturated carbocycles. The molecular weight excluding hydrogens is 462 g/mol. The Balaban J connectivity index is 1.64. The number of carbonyl (C=O) groups is 1. The lowest BCUT2D eigenvalue weighted by molar-refractivity contribution is 0.0786. The zero-order chi connectivity index (χ0) is 24.2. The molecule has 9 heteroatoms. The molecule has 0 spiro atoms. The van der Waals surface area contributed by atoms with Gasteiger partial charge in [0.25, 0.3) is 5.91 Å². The van der Waals surface area contributed by atoms with Crippen LogP contribution in [0.15, 0.2) is 59.6 Å². The van der Waals surface area contributed by atoms with Crippen LogP contribution in [0.25, 0.3) is 5.69 Å². The average molecular weight is 490 g/mol. The van der Waals surface area contributed by atoms with Crippen molar-refractivity contribution in [2.75, 3.05) is 26.5 Å². The summed E-state index contributed by atoms with van der Waals surface area (Å²) in [6, 6.07) is 13.7. The van der Waals surface area contributed by atoms with Gasteiger partial charge < -0.3 is 9.64 Å². The number of sulfone groups is 1. The van der Waals surface area contributed by atoms with E-state index in [4.69, 9.17) is 16.3 Å². The number of hydrogen-bond donors (Lipinski definition) is 0. The van der Waals surface area contributed by atoms with Gasteiger partial charge in [0.15, 0.2) is 9.84 Å². The molecular formula is C24H28ClN3O4S. The lowest BCUT2D eigenvalue weighted by atomic mass is 10.0. The van der Waals surface area contributed by atoms with Gasteiger partial charge in [-0.25, -0.2) is 13.1 Å². The summed E-state index contributed by atoms with van der Waals surface area (Å²) in [5.41, 5.74) is 2.24. The standard InChI is InChI=1S/C24H28ClN3O4S/c1-17(2)23-22(16-26-28(23)19-11-9-18(25)10-12-19)24(29)27(3)13-6-14-32-20-7-5-8-21(15-20)33(4,30)31/h5,7-12,15-17H,6,13-14H2,1-4H3. The highest BCUT2D eigenvalue weighted by atomic mass is 35.5. The first-order valence-electron chi connectivity index (χ1n) is 10.6. The molecule has 176 valence electrons. The quantitative estimate of drug-likeness (QED) is 0.410. The Bertz CT molecular complexity index is 1220. The Labute approximate surface area is 199 Å². The van der Waals surface area contributed by atoms with Crippen LogP contribution in [0.4, 0.5) is 0 Å². The van der Waals surface area contributed by atoms with E-state index in [1.807, 2.05) is 26.0 Å². The highest BCUT2D eigenvalue weighted by Gasteiger charge is 2.23. The number of halogens is 1. The third-order valence-electron chi connectivity index (χ3n) is 5.14. The van der Waals surface area contributed by atoms with E-state index in [1.54, 1.807) is 47.1 Å². The third kappa shape index (κ3) is 6.15.